The molecule has 6 nitrogen and oxygen atoms in total. The monoisotopic (exact) mass is 300 g/mol. The lowest BCUT2D eigenvalue weighted by Gasteiger charge is -2.08. The van der Waals surface area contributed by atoms with Crippen molar-refractivity contribution in [3.05, 3.63) is 46.8 Å². The average Bonchev–Trinajstić information content (AvgIpc) is 2.75. The van der Waals surface area contributed by atoms with E-state index in [1.807, 2.05) is 39.0 Å². The first-order valence-corrected chi connectivity index (χ1v) is 7.02. The number of anilines is 1. The van der Waals surface area contributed by atoms with Gasteiger partial charge >= 0.3 is 0 Å². The second-order valence-electron chi connectivity index (χ2n) is 5.40. The Labute approximate surface area is 129 Å². The van der Waals surface area contributed by atoms with Gasteiger partial charge in [-0.1, -0.05) is 6.07 Å². The van der Waals surface area contributed by atoms with Gasteiger partial charge in [-0.25, -0.2) is 0 Å². The van der Waals surface area contributed by atoms with E-state index in [0.717, 1.165) is 22.5 Å². The fourth-order valence-electron chi connectivity index (χ4n) is 2.17. The van der Waals surface area contributed by atoms with E-state index in [-0.39, 0.29) is 18.4 Å². The molecular weight excluding hydrogens is 280 g/mol. The van der Waals surface area contributed by atoms with Crippen LogP contribution in [0.5, 0.6) is 0 Å². The largest absolute Gasteiger partial charge is 0.342 e. The summed E-state index contributed by atoms with van der Waals surface area (Å²) in [6.07, 6.45) is 0. The molecule has 0 aliphatic carbocycles. The Bertz CT molecular complexity index is 679. The van der Waals surface area contributed by atoms with Gasteiger partial charge in [-0.3, -0.25) is 14.3 Å². The standard InChI is InChI=1S/C16H20N4O2/c1-10-5-11(2)7-13(6-10)18-15(21)9-17-16(22)14-8-12(3)20(4)19-14/h5-8H,9H2,1-4H3,(H,17,22)(H,18,21). The Hall–Kier alpha value is -2.63. The third-order valence-corrected chi connectivity index (χ3v) is 3.26. The Balaban J connectivity index is 1.91. The molecule has 0 spiro atoms. The van der Waals surface area contributed by atoms with Crippen LogP contribution in [-0.4, -0.2) is 28.1 Å². The van der Waals surface area contributed by atoms with Crippen molar-refractivity contribution in [2.45, 2.75) is 20.8 Å². The number of aromatic nitrogens is 2. The number of hydrogen-bond donors (Lipinski definition) is 2. The molecule has 0 atom stereocenters. The summed E-state index contributed by atoms with van der Waals surface area (Å²) >= 11 is 0. The minimum atomic E-state index is -0.362. The minimum absolute atomic E-state index is 0.0958. The zero-order valence-corrected chi connectivity index (χ0v) is 13.2. The zero-order valence-electron chi connectivity index (χ0n) is 13.2. The summed E-state index contributed by atoms with van der Waals surface area (Å²) in [4.78, 5) is 23.8. The van der Waals surface area contributed by atoms with Crippen molar-refractivity contribution in [1.29, 1.82) is 0 Å². The molecule has 0 fully saturated rings. The van der Waals surface area contributed by atoms with E-state index >= 15 is 0 Å². The molecule has 6 heteroatoms. The van der Waals surface area contributed by atoms with Gasteiger partial charge in [0.05, 0.1) is 6.54 Å². The predicted molar refractivity (Wildman–Crippen MR) is 84.8 cm³/mol. The maximum atomic E-state index is 11.9. The summed E-state index contributed by atoms with van der Waals surface area (Å²) in [6, 6.07) is 7.47. The summed E-state index contributed by atoms with van der Waals surface area (Å²) < 4.78 is 1.62. The lowest BCUT2D eigenvalue weighted by molar-refractivity contribution is -0.115. The summed E-state index contributed by atoms with van der Waals surface area (Å²) in [5, 5.41) is 9.40. The van der Waals surface area contributed by atoms with Crippen molar-refractivity contribution in [2.75, 3.05) is 11.9 Å². The number of carbonyl (C=O) groups excluding carboxylic acids is 2. The maximum Gasteiger partial charge on any atom is 0.272 e. The van der Waals surface area contributed by atoms with Gasteiger partial charge in [0, 0.05) is 18.4 Å². The van der Waals surface area contributed by atoms with Crippen LogP contribution in [0.3, 0.4) is 0 Å². The molecule has 1 heterocycles. The van der Waals surface area contributed by atoms with Gasteiger partial charge in [-0.05, 0) is 50.1 Å². The van der Waals surface area contributed by atoms with Gasteiger partial charge in [0.2, 0.25) is 5.91 Å². The predicted octanol–water partition coefficient (Wildman–Crippen LogP) is 1.71. The van der Waals surface area contributed by atoms with Crippen molar-refractivity contribution in [2.24, 2.45) is 7.05 Å². The number of rotatable bonds is 4. The first-order chi connectivity index (χ1) is 10.3. The third kappa shape index (κ3) is 3.94. The molecule has 0 saturated heterocycles. The fourth-order valence-corrected chi connectivity index (χ4v) is 2.17. The fraction of sp³-hybridized carbons (Fsp3) is 0.312. The molecule has 0 bridgehead atoms. The van der Waals surface area contributed by atoms with E-state index in [2.05, 4.69) is 15.7 Å². The molecule has 0 aliphatic heterocycles. The SMILES string of the molecule is Cc1cc(C)cc(NC(=O)CNC(=O)c2cc(C)n(C)n2)c1. The van der Waals surface area contributed by atoms with Crippen LogP contribution >= 0.6 is 0 Å². The average molecular weight is 300 g/mol. The van der Waals surface area contributed by atoms with E-state index in [4.69, 9.17) is 0 Å². The number of carbonyl (C=O) groups is 2. The molecule has 0 unspecified atom stereocenters. The molecule has 2 amide bonds. The lowest BCUT2D eigenvalue weighted by atomic mass is 10.1. The minimum Gasteiger partial charge on any atom is -0.342 e. The van der Waals surface area contributed by atoms with Crippen LogP contribution in [0.25, 0.3) is 0 Å². The Morgan fingerprint density at radius 2 is 1.73 bits per heavy atom. The molecular formula is C16H20N4O2. The van der Waals surface area contributed by atoms with E-state index < -0.39 is 0 Å². The topological polar surface area (TPSA) is 76.0 Å². The lowest BCUT2D eigenvalue weighted by Crippen LogP contribution is -2.33. The molecule has 2 aromatic rings. The third-order valence-electron chi connectivity index (χ3n) is 3.26. The van der Waals surface area contributed by atoms with E-state index in [0.29, 0.717) is 5.69 Å². The Kier molecular flexibility index (Phi) is 4.60. The van der Waals surface area contributed by atoms with Gasteiger partial charge in [-0.15, -0.1) is 0 Å². The number of benzene rings is 1. The van der Waals surface area contributed by atoms with Crippen LogP contribution < -0.4 is 10.6 Å². The number of amides is 2. The van der Waals surface area contributed by atoms with Gasteiger partial charge in [0.1, 0.15) is 5.69 Å². The summed E-state index contributed by atoms with van der Waals surface area (Å²) in [5.74, 6) is -0.634. The first-order valence-electron chi connectivity index (χ1n) is 7.02. The van der Waals surface area contributed by atoms with Crippen molar-refractivity contribution in [3.8, 4) is 0 Å². The highest BCUT2D eigenvalue weighted by atomic mass is 16.2. The molecule has 0 aliphatic rings. The summed E-state index contributed by atoms with van der Waals surface area (Å²) in [5.41, 5.74) is 4.06. The highest BCUT2D eigenvalue weighted by Gasteiger charge is 2.12. The van der Waals surface area contributed by atoms with Crippen LogP contribution in [0.4, 0.5) is 5.69 Å². The normalized spacial score (nSPS) is 10.4. The van der Waals surface area contributed by atoms with Crippen LogP contribution in [0, 0.1) is 20.8 Å². The highest BCUT2D eigenvalue weighted by molar-refractivity contribution is 5.98. The zero-order chi connectivity index (χ0) is 16.3. The maximum absolute atomic E-state index is 11.9. The van der Waals surface area contributed by atoms with E-state index in [9.17, 15) is 9.59 Å². The summed E-state index contributed by atoms with van der Waals surface area (Å²) in [6.45, 7) is 5.69. The van der Waals surface area contributed by atoms with Crippen molar-refractivity contribution in [3.63, 3.8) is 0 Å². The van der Waals surface area contributed by atoms with Crippen molar-refractivity contribution < 1.29 is 9.59 Å². The van der Waals surface area contributed by atoms with Gasteiger partial charge in [0.15, 0.2) is 0 Å². The molecule has 2 rings (SSSR count). The van der Waals surface area contributed by atoms with Crippen LogP contribution in [0.2, 0.25) is 0 Å². The second kappa shape index (κ2) is 6.43. The molecule has 2 N–H and O–H groups in total. The smallest absolute Gasteiger partial charge is 0.272 e. The van der Waals surface area contributed by atoms with Crippen LogP contribution in [0.15, 0.2) is 24.3 Å². The number of hydrogen-bond acceptors (Lipinski definition) is 3. The first kappa shape index (κ1) is 15.8. The molecule has 1 aromatic heterocycles. The van der Waals surface area contributed by atoms with Gasteiger partial charge < -0.3 is 10.6 Å². The van der Waals surface area contributed by atoms with Crippen molar-refractivity contribution >= 4 is 17.5 Å². The number of aryl methyl sites for hydroxylation is 4. The van der Waals surface area contributed by atoms with Crippen LogP contribution in [-0.2, 0) is 11.8 Å². The van der Waals surface area contributed by atoms with Crippen molar-refractivity contribution in [1.82, 2.24) is 15.1 Å². The molecule has 1 aromatic carbocycles. The number of nitrogens with one attached hydrogen (secondary N) is 2. The van der Waals surface area contributed by atoms with E-state index in [1.54, 1.807) is 17.8 Å². The molecule has 116 valence electrons. The summed E-state index contributed by atoms with van der Waals surface area (Å²) in [7, 11) is 1.76. The van der Waals surface area contributed by atoms with E-state index in [1.165, 1.54) is 0 Å². The quantitative estimate of drug-likeness (QED) is 0.902. The van der Waals surface area contributed by atoms with Gasteiger partial charge in [0.25, 0.3) is 5.91 Å². The molecule has 0 saturated carbocycles. The molecule has 22 heavy (non-hydrogen) atoms. The van der Waals surface area contributed by atoms with Crippen LogP contribution in [0.1, 0.15) is 27.3 Å². The molecule has 0 radical (unpaired) electrons. The van der Waals surface area contributed by atoms with Gasteiger partial charge in [-0.2, -0.15) is 5.10 Å². The Morgan fingerprint density at radius 1 is 1.09 bits per heavy atom. The highest BCUT2D eigenvalue weighted by Crippen LogP contribution is 2.13. The number of nitrogens with zero attached hydrogens (tertiary/aromatic N) is 2. The Morgan fingerprint density at radius 3 is 2.27 bits per heavy atom. The second-order valence-corrected chi connectivity index (χ2v) is 5.40.